The summed E-state index contributed by atoms with van der Waals surface area (Å²) in [5.41, 5.74) is 7.13. The highest BCUT2D eigenvalue weighted by molar-refractivity contribution is 5.98. The number of fused-ring (bicyclic) bond motifs is 1. The van der Waals surface area contributed by atoms with Gasteiger partial charge < -0.3 is 10.2 Å². The molecule has 4 aromatic rings. The molecule has 1 heterocycles. The molecule has 0 atom stereocenters. The minimum atomic E-state index is -0.0551. The van der Waals surface area contributed by atoms with Gasteiger partial charge in [-0.25, -0.2) is 0 Å². The molecule has 34 heavy (non-hydrogen) atoms. The fourth-order valence-corrected chi connectivity index (χ4v) is 4.41. The number of aryl methyl sites for hydroxylation is 1. The normalized spacial score (nSPS) is 12.8. The van der Waals surface area contributed by atoms with Crippen molar-refractivity contribution in [2.45, 2.75) is 25.8 Å². The van der Waals surface area contributed by atoms with Crippen LogP contribution in [0.15, 0.2) is 103 Å². The van der Waals surface area contributed by atoms with E-state index >= 15 is 0 Å². The van der Waals surface area contributed by atoms with Crippen molar-refractivity contribution in [3.05, 3.63) is 120 Å². The van der Waals surface area contributed by atoms with E-state index in [4.69, 9.17) is 0 Å². The Morgan fingerprint density at radius 3 is 2.15 bits per heavy atom. The van der Waals surface area contributed by atoms with Crippen molar-refractivity contribution in [2.75, 3.05) is 10.2 Å². The lowest BCUT2D eigenvalue weighted by molar-refractivity contribution is -0.119. The van der Waals surface area contributed by atoms with E-state index in [1.807, 2.05) is 83.8 Å². The lowest BCUT2D eigenvalue weighted by Gasteiger charge is -2.30. The zero-order chi connectivity index (χ0) is 23.3. The minimum absolute atomic E-state index is 0.0551. The Morgan fingerprint density at radius 2 is 1.41 bits per heavy atom. The molecule has 4 heteroatoms. The van der Waals surface area contributed by atoms with Crippen LogP contribution in [-0.4, -0.2) is 11.8 Å². The zero-order valence-corrected chi connectivity index (χ0v) is 18.9. The lowest BCUT2D eigenvalue weighted by Crippen LogP contribution is -2.34. The number of anilines is 2. The Labute approximate surface area is 199 Å². The van der Waals surface area contributed by atoms with Gasteiger partial charge in [-0.2, -0.15) is 0 Å². The van der Waals surface area contributed by atoms with E-state index in [2.05, 4.69) is 29.6 Å². The summed E-state index contributed by atoms with van der Waals surface area (Å²) in [6.07, 6.45) is 1.47. The van der Waals surface area contributed by atoms with Crippen LogP contribution in [0, 0.1) is 0 Å². The highest BCUT2D eigenvalue weighted by Crippen LogP contribution is 2.31. The summed E-state index contributed by atoms with van der Waals surface area (Å²) in [5.74, 6) is 0.0764. The van der Waals surface area contributed by atoms with E-state index in [9.17, 15) is 9.59 Å². The molecule has 0 saturated heterocycles. The summed E-state index contributed by atoms with van der Waals surface area (Å²) in [6.45, 7) is 0.553. The van der Waals surface area contributed by atoms with Crippen LogP contribution in [0.4, 0.5) is 11.4 Å². The first-order valence-electron chi connectivity index (χ1n) is 11.6. The van der Waals surface area contributed by atoms with Crippen LogP contribution in [0.25, 0.3) is 11.1 Å². The van der Waals surface area contributed by atoms with Crippen LogP contribution in [0.3, 0.4) is 0 Å². The van der Waals surface area contributed by atoms with Crippen molar-refractivity contribution < 1.29 is 9.59 Å². The predicted molar refractivity (Wildman–Crippen MR) is 137 cm³/mol. The molecule has 0 fully saturated rings. The second-order valence-corrected chi connectivity index (χ2v) is 8.60. The summed E-state index contributed by atoms with van der Waals surface area (Å²) in [4.78, 5) is 27.1. The third kappa shape index (κ3) is 4.91. The van der Waals surface area contributed by atoms with Gasteiger partial charge in [0.1, 0.15) is 0 Å². The molecular weight excluding hydrogens is 420 g/mol. The van der Waals surface area contributed by atoms with Crippen molar-refractivity contribution in [1.82, 2.24) is 0 Å². The van der Waals surface area contributed by atoms with Gasteiger partial charge in [-0.3, -0.25) is 9.59 Å². The van der Waals surface area contributed by atoms with Gasteiger partial charge in [0.15, 0.2) is 0 Å². The second kappa shape index (κ2) is 9.75. The number of nitrogens with one attached hydrogen (secondary N) is 1. The van der Waals surface area contributed by atoms with E-state index in [-0.39, 0.29) is 11.8 Å². The maximum absolute atomic E-state index is 12.7. The van der Waals surface area contributed by atoms with Crippen LogP contribution in [0.1, 0.15) is 23.1 Å². The topological polar surface area (TPSA) is 49.4 Å². The zero-order valence-electron chi connectivity index (χ0n) is 18.9. The summed E-state index contributed by atoms with van der Waals surface area (Å²) < 4.78 is 0. The Bertz CT molecular complexity index is 1300. The Kier molecular flexibility index (Phi) is 6.21. The maximum Gasteiger partial charge on any atom is 0.228 e. The number of carbonyl (C=O) groups is 2. The summed E-state index contributed by atoms with van der Waals surface area (Å²) in [6, 6.07) is 34.1. The van der Waals surface area contributed by atoms with Gasteiger partial charge in [0, 0.05) is 17.8 Å². The second-order valence-electron chi connectivity index (χ2n) is 8.60. The van der Waals surface area contributed by atoms with Crippen molar-refractivity contribution in [3.8, 4) is 11.1 Å². The number of amides is 2. The molecule has 2 amide bonds. The van der Waals surface area contributed by atoms with Gasteiger partial charge in [-0.1, -0.05) is 84.9 Å². The highest BCUT2D eigenvalue weighted by Gasteiger charge is 2.24. The maximum atomic E-state index is 12.7. The molecule has 0 unspecified atom stereocenters. The highest BCUT2D eigenvalue weighted by atomic mass is 16.2. The van der Waals surface area contributed by atoms with Gasteiger partial charge in [0.2, 0.25) is 11.8 Å². The van der Waals surface area contributed by atoms with Crippen molar-refractivity contribution in [3.63, 3.8) is 0 Å². The molecule has 4 nitrogen and oxygen atoms in total. The molecule has 1 N–H and O–H groups in total. The fraction of sp³-hybridized carbons (Fsp3) is 0.133. The van der Waals surface area contributed by atoms with E-state index in [0.717, 1.165) is 39.2 Å². The Morgan fingerprint density at radius 1 is 0.735 bits per heavy atom. The van der Waals surface area contributed by atoms with Crippen LogP contribution in [0.5, 0.6) is 0 Å². The average molecular weight is 447 g/mol. The predicted octanol–water partition coefficient (Wildman–Crippen LogP) is 6.01. The molecule has 0 radical (unpaired) electrons. The standard InChI is InChI=1S/C30H26N2O2/c33-29(19-22-11-13-25(14-12-22)24-9-5-2-6-10-24)31-27-16-17-28-26(20-27)15-18-30(34)32(28)21-23-7-3-1-4-8-23/h1-14,16-17,20H,15,18-19,21H2,(H,31,33). The van der Waals surface area contributed by atoms with E-state index in [1.165, 1.54) is 0 Å². The molecule has 1 aliphatic heterocycles. The quantitative estimate of drug-likeness (QED) is 0.394. The number of benzene rings is 4. The molecule has 4 aromatic carbocycles. The average Bonchev–Trinajstić information content (AvgIpc) is 2.87. The van der Waals surface area contributed by atoms with Gasteiger partial charge in [-0.05, 0) is 52.4 Å². The van der Waals surface area contributed by atoms with Crippen molar-refractivity contribution in [1.29, 1.82) is 0 Å². The Balaban J connectivity index is 1.25. The molecule has 0 aromatic heterocycles. The first kappa shape index (κ1) is 21.7. The molecule has 5 rings (SSSR count). The number of carbonyl (C=O) groups excluding carboxylic acids is 2. The molecular formula is C30H26N2O2. The largest absolute Gasteiger partial charge is 0.326 e. The van der Waals surface area contributed by atoms with E-state index in [1.54, 1.807) is 0 Å². The number of hydrogen-bond acceptors (Lipinski definition) is 2. The molecule has 168 valence electrons. The number of rotatable bonds is 6. The molecule has 1 aliphatic rings. The van der Waals surface area contributed by atoms with Crippen LogP contribution < -0.4 is 10.2 Å². The molecule has 0 bridgehead atoms. The first-order chi connectivity index (χ1) is 16.7. The fourth-order valence-electron chi connectivity index (χ4n) is 4.41. The molecule has 0 aliphatic carbocycles. The summed E-state index contributed by atoms with van der Waals surface area (Å²) in [5, 5.41) is 3.02. The van der Waals surface area contributed by atoms with E-state index < -0.39 is 0 Å². The van der Waals surface area contributed by atoms with Gasteiger partial charge >= 0.3 is 0 Å². The third-order valence-electron chi connectivity index (χ3n) is 6.17. The SMILES string of the molecule is O=C(Cc1ccc(-c2ccccc2)cc1)Nc1ccc2c(c1)CCC(=O)N2Cc1ccccc1. The third-order valence-corrected chi connectivity index (χ3v) is 6.17. The van der Waals surface area contributed by atoms with Gasteiger partial charge in [-0.15, -0.1) is 0 Å². The smallest absolute Gasteiger partial charge is 0.228 e. The Hall–Kier alpha value is -4.18. The summed E-state index contributed by atoms with van der Waals surface area (Å²) >= 11 is 0. The minimum Gasteiger partial charge on any atom is -0.326 e. The first-order valence-corrected chi connectivity index (χ1v) is 11.6. The molecule has 0 spiro atoms. The summed E-state index contributed by atoms with van der Waals surface area (Å²) in [7, 11) is 0. The van der Waals surface area contributed by atoms with Crippen molar-refractivity contribution >= 4 is 23.2 Å². The van der Waals surface area contributed by atoms with Crippen LogP contribution in [0.2, 0.25) is 0 Å². The van der Waals surface area contributed by atoms with E-state index in [0.29, 0.717) is 25.8 Å². The molecule has 0 saturated carbocycles. The van der Waals surface area contributed by atoms with Gasteiger partial charge in [0.05, 0.1) is 13.0 Å². The van der Waals surface area contributed by atoms with Crippen LogP contribution in [-0.2, 0) is 29.0 Å². The van der Waals surface area contributed by atoms with Gasteiger partial charge in [0.25, 0.3) is 0 Å². The lowest BCUT2D eigenvalue weighted by atomic mass is 9.99. The number of nitrogens with zero attached hydrogens (tertiary/aromatic N) is 1. The van der Waals surface area contributed by atoms with Crippen molar-refractivity contribution in [2.24, 2.45) is 0 Å². The monoisotopic (exact) mass is 446 g/mol. The van der Waals surface area contributed by atoms with Crippen LogP contribution >= 0.6 is 0 Å². The number of hydrogen-bond donors (Lipinski definition) is 1.